The van der Waals surface area contributed by atoms with Crippen LogP contribution in [0.1, 0.15) is 54.6 Å². The highest BCUT2D eigenvalue weighted by atomic mass is 32.1. The molecule has 1 amide bonds. The third kappa shape index (κ3) is 3.06. The molecule has 2 atom stereocenters. The van der Waals surface area contributed by atoms with E-state index in [1.165, 1.54) is 49.2 Å². The SMILES string of the molecule is O=C(N/N=C1\CC[C@H]2CCCC[C@H]2C1)c1cccs1. The van der Waals surface area contributed by atoms with Crippen LogP contribution in [0.5, 0.6) is 0 Å². The Kier molecular flexibility index (Phi) is 3.97. The molecule has 1 aromatic rings. The number of hydrogen-bond donors (Lipinski definition) is 1. The van der Waals surface area contributed by atoms with Crippen LogP contribution in [0, 0.1) is 11.8 Å². The summed E-state index contributed by atoms with van der Waals surface area (Å²) in [5.41, 5.74) is 3.90. The van der Waals surface area contributed by atoms with Crippen LogP contribution in [0.2, 0.25) is 0 Å². The van der Waals surface area contributed by atoms with E-state index in [1.807, 2.05) is 17.5 Å². The van der Waals surface area contributed by atoms with E-state index in [-0.39, 0.29) is 5.91 Å². The highest BCUT2D eigenvalue weighted by Crippen LogP contribution is 2.39. The van der Waals surface area contributed by atoms with Crippen molar-refractivity contribution in [2.75, 3.05) is 0 Å². The summed E-state index contributed by atoms with van der Waals surface area (Å²) in [6.07, 6.45) is 8.94. The van der Waals surface area contributed by atoms with E-state index in [4.69, 9.17) is 0 Å². The zero-order valence-electron chi connectivity index (χ0n) is 11.1. The molecule has 0 bridgehead atoms. The van der Waals surface area contributed by atoms with Crippen LogP contribution < -0.4 is 5.43 Å². The number of amides is 1. The maximum absolute atomic E-state index is 11.8. The summed E-state index contributed by atoms with van der Waals surface area (Å²) in [4.78, 5) is 12.6. The Morgan fingerprint density at radius 3 is 2.89 bits per heavy atom. The second-order valence-electron chi connectivity index (χ2n) is 5.64. The van der Waals surface area contributed by atoms with Crippen LogP contribution in [0.3, 0.4) is 0 Å². The van der Waals surface area contributed by atoms with Gasteiger partial charge in [-0.15, -0.1) is 11.3 Å². The number of carbonyl (C=O) groups is 1. The van der Waals surface area contributed by atoms with Gasteiger partial charge in [0.25, 0.3) is 5.91 Å². The minimum Gasteiger partial charge on any atom is -0.266 e. The van der Waals surface area contributed by atoms with Crippen molar-refractivity contribution in [1.82, 2.24) is 5.43 Å². The molecule has 1 heterocycles. The maximum Gasteiger partial charge on any atom is 0.281 e. The Morgan fingerprint density at radius 2 is 2.11 bits per heavy atom. The molecule has 2 saturated carbocycles. The number of hydrogen-bond acceptors (Lipinski definition) is 3. The minimum atomic E-state index is -0.0757. The molecule has 102 valence electrons. The molecule has 0 radical (unpaired) electrons. The molecule has 0 unspecified atom stereocenters. The number of rotatable bonds is 2. The summed E-state index contributed by atoms with van der Waals surface area (Å²) in [5.74, 6) is 1.66. The molecule has 3 rings (SSSR count). The van der Waals surface area contributed by atoms with Gasteiger partial charge in [0, 0.05) is 5.71 Å². The molecule has 4 heteroatoms. The molecule has 0 spiro atoms. The number of thiophene rings is 1. The summed E-state index contributed by atoms with van der Waals surface area (Å²) in [5, 5.41) is 6.27. The molecular formula is C15H20N2OS. The summed E-state index contributed by atoms with van der Waals surface area (Å²) < 4.78 is 0. The topological polar surface area (TPSA) is 41.5 Å². The minimum absolute atomic E-state index is 0.0757. The van der Waals surface area contributed by atoms with E-state index < -0.39 is 0 Å². The lowest BCUT2D eigenvalue weighted by Gasteiger charge is -2.35. The first-order valence-corrected chi connectivity index (χ1v) is 8.10. The molecule has 2 fully saturated rings. The fourth-order valence-electron chi connectivity index (χ4n) is 3.38. The summed E-state index contributed by atoms with van der Waals surface area (Å²) in [6, 6.07) is 3.72. The first-order valence-electron chi connectivity index (χ1n) is 7.22. The van der Waals surface area contributed by atoms with Gasteiger partial charge in [-0.2, -0.15) is 5.10 Å². The average Bonchev–Trinajstić information content (AvgIpc) is 2.99. The third-order valence-corrected chi connectivity index (χ3v) is 5.30. The van der Waals surface area contributed by atoms with Gasteiger partial charge in [0.1, 0.15) is 0 Å². The molecule has 19 heavy (non-hydrogen) atoms. The Labute approximate surface area is 118 Å². The lowest BCUT2D eigenvalue weighted by molar-refractivity contribution is 0.0958. The molecule has 0 saturated heterocycles. The van der Waals surface area contributed by atoms with E-state index >= 15 is 0 Å². The standard InChI is InChI=1S/C15H20N2OS/c18-15(14-6-3-9-19-14)17-16-13-8-7-11-4-1-2-5-12(11)10-13/h3,6,9,11-12H,1-2,4-5,7-8,10H2,(H,17,18)/b16-13+/t11-,12+/m1/s1. The third-order valence-electron chi connectivity index (χ3n) is 4.43. The summed E-state index contributed by atoms with van der Waals surface area (Å²) in [7, 11) is 0. The van der Waals surface area contributed by atoms with Gasteiger partial charge in [-0.1, -0.05) is 25.3 Å². The van der Waals surface area contributed by atoms with Crippen LogP contribution in [-0.4, -0.2) is 11.6 Å². The van der Waals surface area contributed by atoms with Gasteiger partial charge in [-0.3, -0.25) is 4.79 Å². The second kappa shape index (κ2) is 5.87. The van der Waals surface area contributed by atoms with Gasteiger partial charge in [-0.05, 0) is 49.0 Å². The quantitative estimate of drug-likeness (QED) is 0.820. The normalized spacial score (nSPS) is 28.9. The van der Waals surface area contributed by atoms with E-state index in [0.717, 1.165) is 29.6 Å². The van der Waals surface area contributed by atoms with Gasteiger partial charge in [0.2, 0.25) is 0 Å². The number of nitrogens with one attached hydrogen (secondary N) is 1. The van der Waals surface area contributed by atoms with Gasteiger partial charge in [0.15, 0.2) is 0 Å². The number of hydrazone groups is 1. The van der Waals surface area contributed by atoms with E-state index in [0.29, 0.717) is 0 Å². The summed E-state index contributed by atoms with van der Waals surface area (Å²) >= 11 is 1.45. The van der Waals surface area contributed by atoms with Crippen LogP contribution in [0.15, 0.2) is 22.6 Å². The number of fused-ring (bicyclic) bond motifs is 1. The maximum atomic E-state index is 11.8. The molecule has 2 aliphatic rings. The number of nitrogens with zero attached hydrogens (tertiary/aromatic N) is 1. The van der Waals surface area contributed by atoms with Crippen molar-refractivity contribution in [3.05, 3.63) is 22.4 Å². The van der Waals surface area contributed by atoms with Crippen LogP contribution >= 0.6 is 11.3 Å². The average molecular weight is 276 g/mol. The van der Waals surface area contributed by atoms with E-state index in [9.17, 15) is 4.79 Å². The predicted octanol–water partition coefficient (Wildman–Crippen LogP) is 3.82. The van der Waals surface area contributed by atoms with Crippen molar-refractivity contribution < 1.29 is 4.79 Å². The van der Waals surface area contributed by atoms with Gasteiger partial charge >= 0.3 is 0 Å². The van der Waals surface area contributed by atoms with Crippen molar-refractivity contribution in [1.29, 1.82) is 0 Å². The highest BCUT2D eigenvalue weighted by Gasteiger charge is 2.30. The fraction of sp³-hybridized carbons (Fsp3) is 0.600. The van der Waals surface area contributed by atoms with Crippen LogP contribution in [0.4, 0.5) is 0 Å². The molecule has 1 N–H and O–H groups in total. The zero-order valence-corrected chi connectivity index (χ0v) is 11.9. The molecule has 0 aliphatic heterocycles. The largest absolute Gasteiger partial charge is 0.281 e. The van der Waals surface area contributed by atoms with Crippen LogP contribution in [0.25, 0.3) is 0 Å². The number of carbonyl (C=O) groups excluding carboxylic acids is 1. The first-order chi connectivity index (χ1) is 9.33. The molecular weight excluding hydrogens is 256 g/mol. The lowest BCUT2D eigenvalue weighted by Crippen LogP contribution is -2.29. The Morgan fingerprint density at radius 1 is 1.26 bits per heavy atom. The predicted molar refractivity (Wildman–Crippen MR) is 78.5 cm³/mol. The molecule has 1 aromatic heterocycles. The van der Waals surface area contributed by atoms with Gasteiger partial charge < -0.3 is 0 Å². The monoisotopic (exact) mass is 276 g/mol. The summed E-state index contributed by atoms with van der Waals surface area (Å²) in [6.45, 7) is 0. The van der Waals surface area contributed by atoms with Gasteiger partial charge in [0.05, 0.1) is 4.88 Å². The molecule has 3 nitrogen and oxygen atoms in total. The smallest absolute Gasteiger partial charge is 0.266 e. The van der Waals surface area contributed by atoms with Crippen molar-refractivity contribution in [2.24, 2.45) is 16.9 Å². The van der Waals surface area contributed by atoms with Gasteiger partial charge in [-0.25, -0.2) is 5.43 Å². The van der Waals surface area contributed by atoms with Crippen molar-refractivity contribution >= 4 is 23.0 Å². The van der Waals surface area contributed by atoms with E-state index in [2.05, 4.69) is 10.5 Å². The Hall–Kier alpha value is -1.16. The van der Waals surface area contributed by atoms with Crippen molar-refractivity contribution in [3.63, 3.8) is 0 Å². The highest BCUT2D eigenvalue weighted by molar-refractivity contribution is 7.12. The van der Waals surface area contributed by atoms with Crippen LogP contribution in [-0.2, 0) is 0 Å². The first kappa shape index (κ1) is 12.9. The lowest BCUT2D eigenvalue weighted by atomic mass is 9.70. The van der Waals surface area contributed by atoms with Crippen molar-refractivity contribution in [3.8, 4) is 0 Å². The zero-order chi connectivity index (χ0) is 13.1. The molecule has 2 aliphatic carbocycles. The Bertz CT molecular complexity index is 466. The fourth-order valence-corrected chi connectivity index (χ4v) is 4.00. The second-order valence-corrected chi connectivity index (χ2v) is 6.59. The Balaban J connectivity index is 1.57. The van der Waals surface area contributed by atoms with Crippen molar-refractivity contribution in [2.45, 2.75) is 44.9 Å². The van der Waals surface area contributed by atoms with E-state index in [1.54, 1.807) is 0 Å². The molecule has 0 aromatic carbocycles.